The van der Waals surface area contributed by atoms with E-state index in [4.69, 9.17) is 16.6 Å². The molecule has 8 heteroatoms. The van der Waals surface area contributed by atoms with Crippen LogP contribution in [0.5, 0.6) is 0 Å². The number of rotatable bonds is 4. The Morgan fingerprint density at radius 2 is 2.11 bits per heavy atom. The Hall–Kier alpha value is -2.67. The highest BCUT2D eigenvalue weighted by atomic mass is 35.5. The lowest BCUT2D eigenvalue weighted by molar-refractivity contribution is -0.137. The second kappa shape index (κ2) is 6.81. The second-order valence-corrected chi connectivity index (χ2v) is 7.37. The van der Waals surface area contributed by atoms with Gasteiger partial charge in [-0.05, 0) is 38.3 Å². The van der Waals surface area contributed by atoms with Crippen molar-refractivity contribution in [3.8, 4) is 0 Å². The summed E-state index contributed by atoms with van der Waals surface area (Å²) in [5.41, 5.74) is 4.92. The van der Waals surface area contributed by atoms with E-state index in [0.717, 1.165) is 47.2 Å². The lowest BCUT2D eigenvalue weighted by Gasteiger charge is -2.31. The van der Waals surface area contributed by atoms with E-state index in [2.05, 4.69) is 14.9 Å². The third-order valence-electron chi connectivity index (χ3n) is 5.18. The van der Waals surface area contributed by atoms with Gasteiger partial charge in [-0.3, -0.25) is 9.78 Å². The zero-order valence-electron chi connectivity index (χ0n) is 15.2. The van der Waals surface area contributed by atoms with Crippen LogP contribution in [-0.2, 0) is 24.2 Å². The Morgan fingerprint density at radius 1 is 1.37 bits per heavy atom. The van der Waals surface area contributed by atoms with Crippen LogP contribution in [0, 0.1) is 6.92 Å². The van der Waals surface area contributed by atoms with E-state index < -0.39 is 5.97 Å². The maximum absolute atomic E-state index is 11.4. The number of carbonyl (C=O) groups is 1. The van der Waals surface area contributed by atoms with Crippen molar-refractivity contribution in [2.24, 2.45) is 0 Å². The van der Waals surface area contributed by atoms with Crippen LogP contribution in [0.4, 0.5) is 5.95 Å². The van der Waals surface area contributed by atoms with E-state index in [1.807, 2.05) is 30.7 Å². The van der Waals surface area contributed by atoms with Gasteiger partial charge in [-0.25, -0.2) is 9.97 Å². The number of carboxylic acid groups (broad SMARTS) is 1. The second-order valence-electron chi connectivity index (χ2n) is 6.93. The van der Waals surface area contributed by atoms with E-state index in [9.17, 15) is 9.90 Å². The van der Waals surface area contributed by atoms with Gasteiger partial charge < -0.3 is 14.6 Å². The summed E-state index contributed by atoms with van der Waals surface area (Å²) in [5.74, 6) is -0.213. The van der Waals surface area contributed by atoms with E-state index in [-0.39, 0.29) is 12.6 Å². The van der Waals surface area contributed by atoms with Crippen molar-refractivity contribution in [1.82, 2.24) is 19.5 Å². The van der Waals surface area contributed by atoms with Gasteiger partial charge in [0.25, 0.3) is 0 Å². The van der Waals surface area contributed by atoms with Crippen LogP contribution < -0.4 is 4.90 Å². The molecule has 0 spiro atoms. The van der Waals surface area contributed by atoms with Gasteiger partial charge in [0.1, 0.15) is 6.54 Å². The fraction of sp³-hybridized carbons (Fsp3) is 0.368. The van der Waals surface area contributed by atoms with Crippen LogP contribution >= 0.6 is 11.6 Å². The molecule has 7 nitrogen and oxygen atoms in total. The molecule has 27 heavy (non-hydrogen) atoms. The van der Waals surface area contributed by atoms with E-state index in [1.165, 1.54) is 0 Å². The number of hydrogen-bond donors (Lipinski definition) is 1. The first kappa shape index (κ1) is 17.7. The zero-order valence-corrected chi connectivity index (χ0v) is 15.9. The summed E-state index contributed by atoms with van der Waals surface area (Å²) in [5, 5.41) is 9.84. The molecule has 3 aromatic heterocycles. The topological polar surface area (TPSA) is 84.1 Å². The third kappa shape index (κ3) is 3.23. The minimum Gasteiger partial charge on any atom is -0.480 e. The Labute approximate surface area is 161 Å². The molecule has 3 aromatic rings. The largest absolute Gasteiger partial charge is 0.480 e. The summed E-state index contributed by atoms with van der Waals surface area (Å²) in [6.45, 7) is 1.91. The van der Waals surface area contributed by atoms with Crippen molar-refractivity contribution >= 4 is 34.6 Å². The number of aryl methyl sites for hydroxylation is 1. The first-order valence-corrected chi connectivity index (χ1v) is 9.21. The molecule has 4 rings (SSSR count). The monoisotopic (exact) mass is 385 g/mol. The van der Waals surface area contributed by atoms with Gasteiger partial charge >= 0.3 is 5.97 Å². The fourth-order valence-electron chi connectivity index (χ4n) is 3.87. The average molecular weight is 386 g/mol. The average Bonchev–Trinajstić information content (AvgIpc) is 2.94. The summed E-state index contributed by atoms with van der Waals surface area (Å²) in [6.07, 6.45) is 5.65. The first-order chi connectivity index (χ1) is 12.9. The smallest absolute Gasteiger partial charge is 0.323 e. The summed E-state index contributed by atoms with van der Waals surface area (Å²) in [7, 11) is 1.98. The number of likely N-dealkylation sites (N-methyl/N-ethyl adjacent to an activating group) is 1. The standard InChI is InChI=1S/C19H20ClN5O2/c1-11-3-5-16-18(23-11)14-7-13(4-6-15(14)25(16)10-17(26)27)24(2)19-21-8-12(20)9-22-19/h3,5,8-9,13H,4,6-7,10H2,1-2H3,(H,26,27)/t13-/m0/s1. The Balaban J connectivity index is 1.73. The predicted molar refractivity (Wildman–Crippen MR) is 103 cm³/mol. The number of aliphatic carboxylic acids is 1. The number of carboxylic acids is 1. The SMILES string of the molecule is Cc1ccc2c(n1)c1c(n2CC(=O)O)CC[C@H](N(C)c2ncc(Cl)cn2)C1. The van der Waals surface area contributed by atoms with Crippen molar-refractivity contribution in [2.75, 3.05) is 11.9 Å². The molecule has 1 aliphatic carbocycles. The van der Waals surface area contributed by atoms with Crippen molar-refractivity contribution < 1.29 is 9.90 Å². The predicted octanol–water partition coefficient (Wildman–Crippen LogP) is 2.87. The maximum atomic E-state index is 11.4. The molecule has 0 bridgehead atoms. The van der Waals surface area contributed by atoms with Crippen LogP contribution in [0.3, 0.4) is 0 Å². The van der Waals surface area contributed by atoms with E-state index in [1.54, 1.807) is 12.4 Å². The number of hydrogen-bond acceptors (Lipinski definition) is 5. The molecule has 0 saturated heterocycles. The van der Waals surface area contributed by atoms with E-state index >= 15 is 0 Å². The van der Waals surface area contributed by atoms with Crippen LogP contribution in [0.25, 0.3) is 11.0 Å². The van der Waals surface area contributed by atoms with Crippen LogP contribution in [-0.4, -0.2) is 43.7 Å². The van der Waals surface area contributed by atoms with Crippen LogP contribution in [0.15, 0.2) is 24.5 Å². The number of pyridine rings is 1. The van der Waals surface area contributed by atoms with Gasteiger partial charge in [-0.2, -0.15) is 0 Å². The zero-order chi connectivity index (χ0) is 19.1. The molecule has 1 aliphatic rings. The molecule has 0 amide bonds. The Bertz CT molecular complexity index is 1020. The van der Waals surface area contributed by atoms with Gasteiger partial charge in [0.15, 0.2) is 0 Å². The molecule has 0 fully saturated rings. The highest BCUT2D eigenvalue weighted by molar-refractivity contribution is 6.30. The van der Waals surface area contributed by atoms with Gasteiger partial charge in [-0.15, -0.1) is 0 Å². The molecular weight excluding hydrogens is 366 g/mol. The summed E-state index contributed by atoms with van der Waals surface area (Å²) >= 11 is 5.89. The molecule has 1 atom stereocenters. The minimum absolute atomic E-state index is 0.0443. The molecule has 3 heterocycles. The quantitative estimate of drug-likeness (QED) is 0.743. The third-order valence-corrected chi connectivity index (χ3v) is 5.38. The molecule has 0 unspecified atom stereocenters. The molecule has 1 N–H and O–H groups in total. The minimum atomic E-state index is -0.843. The number of fused-ring (bicyclic) bond motifs is 3. The van der Waals surface area contributed by atoms with Crippen molar-refractivity contribution in [1.29, 1.82) is 0 Å². The number of anilines is 1. The first-order valence-electron chi connectivity index (χ1n) is 8.84. The lowest BCUT2D eigenvalue weighted by atomic mass is 9.91. The molecule has 140 valence electrons. The molecule has 0 radical (unpaired) electrons. The van der Waals surface area contributed by atoms with Crippen molar-refractivity contribution in [3.05, 3.63) is 46.5 Å². The Kier molecular flexibility index (Phi) is 4.47. The van der Waals surface area contributed by atoms with Gasteiger partial charge in [0.05, 0.1) is 28.4 Å². The van der Waals surface area contributed by atoms with Gasteiger partial charge in [0.2, 0.25) is 5.95 Å². The van der Waals surface area contributed by atoms with Crippen LogP contribution in [0.2, 0.25) is 5.02 Å². The number of nitrogens with zero attached hydrogens (tertiary/aromatic N) is 5. The van der Waals surface area contributed by atoms with Crippen molar-refractivity contribution in [3.63, 3.8) is 0 Å². The summed E-state index contributed by atoms with van der Waals surface area (Å²) in [4.78, 5) is 26.8. The number of halogens is 1. The Morgan fingerprint density at radius 3 is 2.81 bits per heavy atom. The molecule has 0 aromatic carbocycles. The normalized spacial score (nSPS) is 16.3. The van der Waals surface area contributed by atoms with Crippen molar-refractivity contribution in [2.45, 2.75) is 38.8 Å². The maximum Gasteiger partial charge on any atom is 0.323 e. The lowest BCUT2D eigenvalue weighted by Crippen LogP contribution is -2.37. The van der Waals surface area contributed by atoms with Gasteiger partial charge in [-0.1, -0.05) is 11.6 Å². The summed E-state index contributed by atoms with van der Waals surface area (Å²) < 4.78 is 1.90. The number of aromatic nitrogens is 4. The molecule has 0 aliphatic heterocycles. The van der Waals surface area contributed by atoms with E-state index in [0.29, 0.717) is 11.0 Å². The highest BCUT2D eigenvalue weighted by Crippen LogP contribution is 2.33. The highest BCUT2D eigenvalue weighted by Gasteiger charge is 2.29. The summed E-state index contributed by atoms with van der Waals surface area (Å²) in [6, 6.07) is 4.11. The molecule has 0 saturated carbocycles. The van der Waals surface area contributed by atoms with Crippen LogP contribution in [0.1, 0.15) is 23.4 Å². The fourth-order valence-corrected chi connectivity index (χ4v) is 3.97. The molecular formula is C19H20ClN5O2. The van der Waals surface area contributed by atoms with Gasteiger partial charge in [0, 0.05) is 30.0 Å².